The van der Waals surface area contributed by atoms with Crippen LogP contribution in [0.3, 0.4) is 0 Å². The first-order valence-corrected chi connectivity index (χ1v) is 7.29. The summed E-state index contributed by atoms with van der Waals surface area (Å²) in [5.74, 6) is -1.79. The fourth-order valence-corrected chi connectivity index (χ4v) is 2.92. The van der Waals surface area contributed by atoms with Crippen LogP contribution in [0.25, 0.3) is 0 Å². The highest BCUT2D eigenvalue weighted by atomic mass is 79.9. The second-order valence-electron chi connectivity index (χ2n) is 3.44. The molecule has 19 heavy (non-hydrogen) atoms. The van der Waals surface area contributed by atoms with Crippen LogP contribution in [-0.4, -0.2) is 34.7 Å². The maximum Gasteiger partial charge on any atom is 0.339 e. The average molecular weight is 356 g/mol. The number of halogens is 2. The molecule has 0 aliphatic carbocycles. The molecule has 0 heterocycles. The lowest BCUT2D eigenvalue weighted by Crippen LogP contribution is -2.16. The van der Waals surface area contributed by atoms with E-state index in [0.29, 0.717) is 6.07 Å². The summed E-state index contributed by atoms with van der Waals surface area (Å²) in [6, 6.07) is 1.57. The summed E-state index contributed by atoms with van der Waals surface area (Å²) in [7, 11) is -2.73. The Labute approximate surface area is 117 Å². The monoisotopic (exact) mass is 355 g/mol. The first-order chi connectivity index (χ1) is 8.77. The molecule has 9 heteroatoms. The van der Waals surface area contributed by atoms with Crippen molar-refractivity contribution in [2.45, 2.75) is 4.90 Å². The van der Waals surface area contributed by atoms with Gasteiger partial charge in [-0.3, -0.25) is 0 Å². The van der Waals surface area contributed by atoms with Crippen LogP contribution in [0, 0.1) is 5.82 Å². The third kappa shape index (κ3) is 4.23. The number of rotatable bonds is 5. The molecule has 0 aromatic heterocycles. The summed E-state index contributed by atoms with van der Waals surface area (Å²) >= 11 is 2.90. The minimum atomic E-state index is -4.16. The van der Waals surface area contributed by atoms with Gasteiger partial charge in [-0.15, -0.1) is 0 Å². The number of primary sulfonamides is 1. The van der Waals surface area contributed by atoms with Gasteiger partial charge in [0.25, 0.3) is 0 Å². The molecule has 0 atom stereocenters. The molecule has 0 amide bonds. The third-order valence-electron chi connectivity index (χ3n) is 2.05. The van der Waals surface area contributed by atoms with Crippen LogP contribution in [0.1, 0.15) is 10.4 Å². The molecule has 0 saturated heterocycles. The molecule has 0 radical (unpaired) electrons. The molecule has 106 valence electrons. The predicted octanol–water partition coefficient (Wildman–Crippen LogP) is 1.04. The Bertz CT molecular complexity index is 590. The number of carbonyl (C=O) groups is 1. The van der Waals surface area contributed by atoms with Gasteiger partial charge in [-0.25, -0.2) is 22.7 Å². The molecule has 0 unspecified atom stereocenters. The largest absolute Gasteiger partial charge is 0.460 e. The summed E-state index contributed by atoms with van der Waals surface area (Å²) in [5.41, 5.74) is -0.264. The molecule has 0 saturated carbocycles. The molecular formula is C10H11BrFNO5S. The van der Waals surface area contributed by atoms with E-state index in [0.717, 1.165) is 6.07 Å². The van der Waals surface area contributed by atoms with E-state index in [2.05, 4.69) is 20.7 Å². The maximum atomic E-state index is 13.3. The normalized spacial score (nSPS) is 11.4. The molecule has 0 aliphatic rings. The Kier molecular flexibility index (Phi) is 5.41. The number of nitrogens with two attached hydrogens (primary N) is 1. The van der Waals surface area contributed by atoms with E-state index in [1.807, 2.05) is 0 Å². The van der Waals surface area contributed by atoms with E-state index < -0.39 is 26.7 Å². The van der Waals surface area contributed by atoms with Gasteiger partial charge >= 0.3 is 5.97 Å². The zero-order chi connectivity index (χ0) is 14.6. The predicted molar refractivity (Wildman–Crippen MR) is 67.6 cm³/mol. The summed E-state index contributed by atoms with van der Waals surface area (Å²) in [4.78, 5) is 11.1. The Morgan fingerprint density at radius 3 is 2.58 bits per heavy atom. The number of sulfonamides is 1. The number of benzene rings is 1. The Balaban J connectivity index is 3.15. The van der Waals surface area contributed by atoms with Gasteiger partial charge in [-0.1, -0.05) is 0 Å². The van der Waals surface area contributed by atoms with Crippen molar-refractivity contribution < 1.29 is 27.1 Å². The SMILES string of the molecule is COCCOC(=O)c1cc(F)cc(S(N)(=O)=O)c1Br. The van der Waals surface area contributed by atoms with Gasteiger partial charge in [0, 0.05) is 7.11 Å². The van der Waals surface area contributed by atoms with Crippen LogP contribution >= 0.6 is 15.9 Å². The molecule has 0 fully saturated rings. The van der Waals surface area contributed by atoms with E-state index in [1.165, 1.54) is 7.11 Å². The van der Waals surface area contributed by atoms with Gasteiger partial charge in [-0.05, 0) is 28.1 Å². The summed E-state index contributed by atoms with van der Waals surface area (Å²) in [5, 5.41) is 4.92. The molecular weight excluding hydrogens is 345 g/mol. The highest BCUT2D eigenvalue weighted by Crippen LogP contribution is 2.27. The van der Waals surface area contributed by atoms with Gasteiger partial charge in [-0.2, -0.15) is 0 Å². The molecule has 1 rings (SSSR count). The van der Waals surface area contributed by atoms with Crippen molar-refractivity contribution in [2.75, 3.05) is 20.3 Å². The lowest BCUT2D eigenvalue weighted by Gasteiger charge is -2.09. The first-order valence-electron chi connectivity index (χ1n) is 4.95. The van der Waals surface area contributed by atoms with Crippen molar-refractivity contribution in [3.05, 3.63) is 28.0 Å². The topological polar surface area (TPSA) is 95.7 Å². The van der Waals surface area contributed by atoms with Crippen LogP contribution in [0.4, 0.5) is 4.39 Å². The Morgan fingerprint density at radius 1 is 1.42 bits per heavy atom. The minimum Gasteiger partial charge on any atom is -0.460 e. The number of esters is 1. The van der Waals surface area contributed by atoms with Gasteiger partial charge in [0.1, 0.15) is 12.4 Å². The minimum absolute atomic E-state index is 0.0387. The van der Waals surface area contributed by atoms with Crippen LogP contribution in [0.15, 0.2) is 21.5 Å². The molecule has 1 aromatic rings. The van der Waals surface area contributed by atoms with Crippen LogP contribution in [-0.2, 0) is 19.5 Å². The highest BCUT2D eigenvalue weighted by molar-refractivity contribution is 9.10. The van der Waals surface area contributed by atoms with E-state index >= 15 is 0 Å². The van der Waals surface area contributed by atoms with Gasteiger partial charge in [0.2, 0.25) is 10.0 Å². The number of ether oxygens (including phenoxy) is 2. The quantitative estimate of drug-likeness (QED) is 0.628. The Hall–Kier alpha value is -1.03. The van der Waals surface area contributed by atoms with Gasteiger partial charge in [0.15, 0.2) is 0 Å². The molecule has 0 aliphatic heterocycles. The van der Waals surface area contributed by atoms with Crippen LogP contribution in [0.5, 0.6) is 0 Å². The maximum absolute atomic E-state index is 13.3. The molecule has 6 nitrogen and oxygen atoms in total. The number of carbonyl (C=O) groups excluding carboxylic acids is 1. The molecule has 0 bridgehead atoms. The lowest BCUT2D eigenvalue weighted by atomic mass is 10.2. The molecule has 2 N–H and O–H groups in total. The molecule has 1 aromatic carbocycles. The summed E-state index contributed by atoms with van der Waals surface area (Å²) in [6.07, 6.45) is 0. The number of hydrogen-bond acceptors (Lipinski definition) is 5. The van der Waals surface area contributed by atoms with Crippen molar-refractivity contribution in [2.24, 2.45) is 5.14 Å². The smallest absolute Gasteiger partial charge is 0.339 e. The van der Waals surface area contributed by atoms with Crippen molar-refractivity contribution >= 4 is 31.9 Å². The second-order valence-corrected chi connectivity index (χ2v) is 5.76. The van der Waals surface area contributed by atoms with Crippen molar-refractivity contribution in [1.82, 2.24) is 0 Å². The Morgan fingerprint density at radius 2 is 2.05 bits per heavy atom. The second kappa shape index (κ2) is 6.42. The standard InChI is InChI=1S/C10H11BrFNO5S/c1-17-2-3-18-10(14)7-4-6(12)5-8(9(7)11)19(13,15)16/h4-5H,2-3H2,1H3,(H2,13,15,16). The summed E-state index contributed by atoms with van der Waals surface area (Å²) in [6.45, 7) is 0.129. The van der Waals surface area contributed by atoms with Gasteiger partial charge in [0.05, 0.1) is 21.5 Å². The highest BCUT2D eigenvalue weighted by Gasteiger charge is 2.22. The van der Waals surface area contributed by atoms with Crippen LogP contribution < -0.4 is 5.14 Å². The fourth-order valence-electron chi connectivity index (χ4n) is 1.22. The fraction of sp³-hybridized carbons (Fsp3) is 0.300. The van der Waals surface area contributed by atoms with E-state index in [4.69, 9.17) is 9.88 Å². The average Bonchev–Trinajstić information content (AvgIpc) is 2.30. The third-order valence-corrected chi connectivity index (χ3v) is 4.10. The zero-order valence-corrected chi connectivity index (χ0v) is 12.3. The van der Waals surface area contributed by atoms with Gasteiger partial charge < -0.3 is 9.47 Å². The van der Waals surface area contributed by atoms with Crippen molar-refractivity contribution in [3.63, 3.8) is 0 Å². The number of hydrogen-bond donors (Lipinski definition) is 1. The summed E-state index contributed by atoms with van der Waals surface area (Å²) < 4.78 is 45.1. The van der Waals surface area contributed by atoms with Crippen molar-refractivity contribution in [1.29, 1.82) is 0 Å². The van der Waals surface area contributed by atoms with E-state index in [9.17, 15) is 17.6 Å². The van der Waals surface area contributed by atoms with Crippen molar-refractivity contribution in [3.8, 4) is 0 Å². The van der Waals surface area contributed by atoms with Crippen LogP contribution in [0.2, 0.25) is 0 Å². The first kappa shape index (κ1) is 16.0. The lowest BCUT2D eigenvalue weighted by molar-refractivity contribution is 0.0386. The number of methoxy groups -OCH3 is 1. The van der Waals surface area contributed by atoms with E-state index in [1.54, 1.807) is 0 Å². The van der Waals surface area contributed by atoms with E-state index in [-0.39, 0.29) is 23.2 Å². The zero-order valence-electron chi connectivity index (χ0n) is 9.85. The molecule has 0 spiro atoms.